The van der Waals surface area contributed by atoms with Gasteiger partial charge in [-0.1, -0.05) is 13.0 Å². The molecule has 35 heavy (non-hydrogen) atoms. The van der Waals surface area contributed by atoms with Gasteiger partial charge in [-0.05, 0) is 116 Å². The van der Waals surface area contributed by atoms with Crippen LogP contribution in [0.4, 0.5) is 22.0 Å². The number of aromatic hydroxyl groups is 1. The molecule has 0 amide bonds. The second-order valence-electron chi connectivity index (χ2n) is 10.9. The molecule has 9 heteroatoms. The average Bonchev–Trinajstić information content (AvgIpc) is 3.08. The van der Waals surface area contributed by atoms with Crippen LogP contribution >= 0.6 is 12.0 Å². The van der Waals surface area contributed by atoms with Crippen LogP contribution in [0.15, 0.2) is 18.2 Å². The minimum atomic E-state index is -5.52. The molecular formula is C26H35F5O3S. The molecule has 198 valence electrons. The predicted molar refractivity (Wildman–Crippen MR) is 125 cm³/mol. The van der Waals surface area contributed by atoms with E-state index in [1.54, 1.807) is 6.07 Å². The van der Waals surface area contributed by atoms with E-state index in [0.717, 1.165) is 57.0 Å². The number of halogens is 5. The minimum Gasteiger partial charge on any atom is -0.508 e. The summed E-state index contributed by atoms with van der Waals surface area (Å²) in [6.45, 7) is 2.09. The van der Waals surface area contributed by atoms with Gasteiger partial charge in [-0.2, -0.15) is 22.0 Å². The Hall–Kier alpha value is -1.06. The van der Waals surface area contributed by atoms with Gasteiger partial charge in [0.15, 0.2) is 0 Å². The zero-order valence-electron chi connectivity index (χ0n) is 20.0. The molecule has 0 heterocycles. The molecule has 3 nitrogen and oxygen atoms in total. The molecule has 0 saturated heterocycles. The summed E-state index contributed by atoms with van der Waals surface area (Å²) in [5.74, 6) is -1.99. The largest absolute Gasteiger partial charge is 0.508 e. The highest BCUT2D eigenvalue weighted by molar-refractivity contribution is 7.94. The lowest BCUT2D eigenvalue weighted by atomic mass is 9.52. The Bertz CT molecular complexity index is 879. The quantitative estimate of drug-likeness (QED) is 0.204. The molecule has 2 N–H and O–H groups in total. The number of hydrogen-bond acceptors (Lipinski definition) is 4. The third-order valence-electron chi connectivity index (χ3n) is 8.85. The van der Waals surface area contributed by atoms with Gasteiger partial charge in [0, 0.05) is 12.2 Å². The van der Waals surface area contributed by atoms with Gasteiger partial charge in [0.2, 0.25) is 0 Å². The number of aliphatic hydroxyl groups excluding tert-OH is 1. The number of benzene rings is 1. The number of fused-ring (bicyclic) bond motifs is 5. The third kappa shape index (κ3) is 5.47. The van der Waals surface area contributed by atoms with E-state index in [2.05, 4.69) is 13.0 Å². The first-order valence-electron chi connectivity index (χ1n) is 12.6. The summed E-state index contributed by atoms with van der Waals surface area (Å²) >= 11 is 1.13. The first-order valence-corrected chi connectivity index (χ1v) is 13.5. The van der Waals surface area contributed by atoms with Gasteiger partial charge in [-0.25, -0.2) is 0 Å². The summed E-state index contributed by atoms with van der Waals surface area (Å²) in [5, 5.41) is 20.8. The van der Waals surface area contributed by atoms with Crippen LogP contribution in [0.5, 0.6) is 5.75 Å². The van der Waals surface area contributed by atoms with Crippen molar-refractivity contribution in [1.82, 2.24) is 0 Å². The fourth-order valence-corrected chi connectivity index (χ4v) is 7.69. The Labute approximate surface area is 208 Å². The van der Waals surface area contributed by atoms with E-state index in [-0.39, 0.29) is 30.3 Å². The SMILES string of the molecule is CC12CCC3c4ccc(O)cc4C[C@@H](CCCSOCCCC(F)(F)C(F)(F)F)C3C1CCC2O. The van der Waals surface area contributed by atoms with Gasteiger partial charge in [0.05, 0.1) is 12.7 Å². The number of hydrogen-bond donors (Lipinski definition) is 2. The van der Waals surface area contributed by atoms with Crippen LogP contribution < -0.4 is 0 Å². The standard InChI is InChI=1S/C26H35F5O3S/c1-24-11-9-20-19-6-5-18(32)15-17(19)14-16(23(20)21(24)7-8-22(24)33)4-2-13-35-34-12-3-10-25(27,28)26(29,30)31/h5-6,15-16,20-23,32-33H,2-4,7-14H2,1H3/t16-,20?,21?,22?,23?,24?/m1/s1. The van der Waals surface area contributed by atoms with Crippen LogP contribution in [0.3, 0.4) is 0 Å². The molecule has 4 rings (SSSR count). The van der Waals surface area contributed by atoms with Gasteiger partial charge >= 0.3 is 12.1 Å². The molecule has 0 aliphatic heterocycles. The van der Waals surface area contributed by atoms with Gasteiger partial charge in [-0.3, -0.25) is 0 Å². The molecule has 2 fully saturated rings. The lowest BCUT2D eigenvalue weighted by molar-refractivity contribution is -0.284. The predicted octanol–water partition coefficient (Wildman–Crippen LogP) is 7.26. The fraction of sp³-hybridized carbons (Fsp3) is 0.769. The molecule has 0 aromatic heterocycles. The molecule has 3 aliphatic rings. The van der Waals surface area contributed by atoms with Crippen LogP contribution in [0, 0.1) is 23.2 Å². The lowest BCUT2D eigenvalue weighted by Gasteiger charge is -2.53. The van der Waals surface area contributed by atoms with Crippen LogP contribution in [0.25, 0.3) is 0 Å². The molecule has 0 spiro atoms. The van der Waals surface area contributed by atoms with E-state index in [1.807, 2.05) is 6.07 Å². The van der Waals surface area contributed by atoms with E-state index < -0.39 is 18.5 Å². The Kier molecular flexibility index (Phi) is 7.99. The summed E-state index contributed by atoms with van der Waals surface area (Å²) in [6, 6.07) is 5.72. The lowest BCUT2D eigenvalue weighted by Crippen LogP contribution is -2.47. The van der Waals surface area contributed by atoms with Crippen molar-refractivity contribution in [2.75, 3.05) is 12.4 Å². The number of rotatable bonds is 9. The van der Waals surface area contributed by atoms with Crippen molar-refractivity contribution in [2.24, 2.45) is 23.2 Å². The smallest absolute Gasteiger partial charge is 0.453 e. The van der Waals surface area contributed by atoms with Crippen molar-refractivity contribution in [3.63, 3.8) is 0 Å². The maximum absolute atomic E-state index is 13.0. The molecule has 2 saturated carbocycles. The van der Waals surface area contributed by atoms with Crippen molar-refractivity contribution in [3.8, 4) is 5.75 Å². The Balaban J connectivity index is 1.31. The first kappa shape index (κ1) is 27.0. The molecule has 1 aromatic rings. The van der Waals surface area contributed by atoms with E-state index in [0.29, 0.717) is 29.4 Å². The number of aliphatic hydroxyl groups is 1. The second kappa shape index (κ2) is 10.4. The second-order valence-corrected chi connectivity index (χ2v) is 11.7. The molecule has 0 radical (unpaired) electrons. The van der Waals surface area contributed by atoms with Crippen LogP contribution in [0.1, 0.15) is 75.3 Å². The highest BCUT2D eigenvalue weighted by atomic mass is 32.2. The molecule has 3 aliphatic carbocycles. The Morgan fingerprint density at radius 2 is 1.89 bits per heavy atom. The number of alkyl halides is 5. The maximum atomic E-state index is 13.0. The van der Waals surface area contributed by atoms with Gasteiger partial charge in [-0.15, -0.1) is 0 Å². The first-order chi connectivity index (χ1) is 16.4. The fourth-order valence-electron chi connectivity index (χ4n) is 7.05. The van der Waals surface area contributed by atoms with E-state index >= 15 is 0 Å². The number of phenolic OH excluding ortho intramolecular Hbond substituents is 1. The van der Waals surface area contributed by atoms with Crippen molar-refractivity contribution < 1.29 is 36.3 Å². The van der Waals surface area contributed by atoms with Gasteiger partial charge in [0.25, 0.3) is 0 Å². The summed E-state index contributed by atoms with van der Waals surface area (Å²) in [5.41, 5.74) is 2.48. The van der Waals surface area contributed by atoms with E-state index in [9.17, 15) is 32.2 Å². The molecular weight excluding hydrogens is 487 g/mol. The van der Waals surface area contributed by atoms with Crippen molar-refractivity contribution >= 4 is 12.0 Å². The van der Waals surface area contributed by atoms with Gasteiger partial charge in [0.1, 0.15) is 5.75 Å². The van der Waals surface area contributed by atoms with Gasteiger partial charge < -0.3 is 14.4 Å². The summed E-state index contributed by atoms with van der Waals surface area (Å²) < 4.78 is 67.8. The number of phenols is 1. The zero-order valence-corrected chi connectivity index (χ0v) is 20.8. The Morgan fingerprint density at radius 3 is 2.63 bits per heavy atom. The van der Waals surface area contributed by atoms with Crippen LogP contribution in [0.2, 0.25) is 0 Å². The normalized spacial score (nSPS) is 32.7. The van der Waals surface area contributed by atoms with Crippen molar-refractivity contribution in [2.45, 2.75) is 88.8 Å². The topological polar surface area (TPSA) is 49.7 Å². The Morgan fingerprint density at radius 1 is 1.11 bits per heavy atom. The third-order valence-corrected chi connectivity index (χ3v) is 9.64. The minimum absolute atomic E-state index is 0.0514. The van der Waals surface area contributed by atoms with Crippen LogP contribution in [-0.4, -0.2) is 40.8 Å². The van der Waals surface area contributed by atoms with Crippen molar-refractivity contribution in [1.29, 1.82) is 0 Å². The van der Waals surface area contributed by atoms with E-state index in [1.165, 1.54) is 11.1 Å². The zero-order chi connectivity index (χ0) is 25.4. The highest BCUT2D eigenvalue weighted by Crippen LogP contribution is 2.62. The summed E-state index contributed by atoms with van der Waals surface area (Å²) in [4.78, 5) is 0. The maximum Gasteiger partial charge on any atom is 0.453 e. The highest BCUT2D eigenvalue weighted by Gasteiger charge is 2.57. The van der Waals surface area contributed by atoms with Crippen LogP contribution in [-0.2, 0) is 10.6 Å². The molecule has 0 bridgehead atoms. The molecule has 5 unspecified atom stereocenters. The average molecular weight is 523 g/mol. The van der Waals surface area contributed by atoms with Crippen molar-refractivity contribution in [3.05, 3.63) is 29.3 Å². The molecule has 6 atom stereocenters. The summed E-state index contributed by atoms with van der Waals surface area (Å²) in [6.07, 6.45) is -0.811. The monoisotopic (exact) mass is 522 g/mol. The summed E-state index contributed by atoms with van der Waals surface area (Å²) in [7, 11) is 0. The molecule has 1 aromatic carbocycles. The van der Waals surface area contributed by atoms with E-state index in [4.69, 9.17) is 4.18 Å².